The first-order chi connectivity index (χ1) is 15.0. The molecule has 158 valence electrons. The van der Waals surface area contributed by atoms with E-state index < -0.39 is 10.0 Å². The van der Waals surface area contributed by atoms with Crippen LogP contribution < -0.4 is 15.4 Å². The van der Waals surface area contributed by atoms with Crippen LogP contribution in [-0.2, 0) is 21.2 Å². The molecule has 3 aromatic rings. The van der Waals surface area contributed by atoms with Crippen LogP contribution in [0, 0.1) is 5.92 Å². The third kappa shape index (κ3) is 4.28. The first-order valence-electron chi connectivity index (χ1n) is 10.1. The molecule has 1 aliphatic heterocycles. The standard InChI is InChI=1S/C22H21N5O3S/c28-20-11-15-13-23-22(27-21(15)18-3-1-2-4-19(18)26-20)25-16-7-9-17(10-8-16)31(29,30)24-12-14-5-6-14/h1-4,7-10,13-14,24H,5-6,11-12H2,(H,26,28)(H,23,25,27). The summed E-state index contributed by atoms with van der Waals surface area (Å²) in [6.45, 7) is 0.490. The van der Waals surface area contributed by atoms with Crippen LogP contribution in [0.25, 0.3) is 11.3 Å². The van der Waals surface area contributed by atoms with Gasteiger partial charge in [-0.1, -0.05) is 18.2 Å². The molecular weight excluding hydrogens is 414 g/mol. The second-order valence-corrected chi connectivity index (χ2v) is 9.55. The maximum Gasteiger partial charge on any atom is 0.240 e. The van der Waals surface area contributed by atoms with Gasteiger partial charge >= 0.3 is 0 Å². The summed E-state index contributed by atoms with van der Waals surface area (Å²) in [5, 5.41) is 6.00. The molecule has 0 saturated heterocycles. The lowest BCUT2D eigenvalue weighted by Gasteiger charge is -2.11. The lowest BCUT2D eigenvalue weighted by atomic mass is 10.1. The van der Waals surface area contributed by atoms with E-state index in [4.69, 9.17) is 0 Å². The molecule has 2 heterocycles. The van der Waals surface area contributed by atoms with Gasteiger partial charge in [-0.25, -0.2) is 23.1 Å². The van der Waals surface area contributed by atoms with Gasteiger partial charge in [0.15, 0.2) is 0 Å². The van der Waals surface area contributed by atoms with E-state index in [9.17, 15) is 13.2 Å². The van der Waals surface area contributed by atoms with Crippen molar-refractivity contribution in [3.8, 4) is 11.3 Å². The number of carbonyl (C=O) groups is 1. The zero-order chi connectivity index (χ0) is 21.4. The molecule has 1 aliphatic carbocycles. The summed E-state index contributed by atoms with van der Waals surface area (Å²) in [5.41, 5.74) is 3.64. The van der Waals surface area contributed by atoms with E-state index in [1.54, 1.807) is 30.5 Å². The number of hydrogen-bond acceptors (Lipinski definition) is 6. The second kappa shape index (κ2) is 7.75. The van der Waals surface area contributed by atoms with Gasteiger partial charge in [0.25, 0.3) is 0 Å². The number of amides is 1. The minimum absolute atomic E-state index is 0.109. The fourth-order valence-corrected chi connectivity index (χ4v) is 4.59. The van der Waals surface area contributed by atoms with Crippen molar-refractivity contribution in [1.82, 2.24) is 14.7 Å². The molecule has 2 aromatic carbocycles. The monoisotopic (exact) mass is 435 g/mol. The van der Waals surface area contributed by atoms with Crippen LogP contribution in [0.4, 0.5) is 17.3 Å². The molecule has 1 amide bonds. The van der Waals surface area contributed by atoms with Crippen LogP contribution in [-0.4, -0.2) is 30.8 Å². The predicted octanol–water partition coefficient (Wildman–Crippen LogP) is 3.07. The van der Waals surface area contributed by atoms with Gasteiger partial charge in [-0.2, -0.15) is 0 Å². The molecule has 1 aromatic heterocycles. The number of fused-ring (bicyclic) bond motifs is 3. The number of hydrogen-bond donors (Lipinski definition) is 3. The quantitative estimate of drug-likeness (QED) is 0.548. The molecule has 0 atom stereocenters. The highest BCUT2D eigenvalue weighted by Gasteiger charge is 2.24. The second-order valence-electron chi connectivity index (χ2n) is 7.78. The molecule has 1 saturated carbocycles. The van der Waals surface area contributed by atoms with Crippen molar-refractivity contribution in [3.63, 3.8) is 0 Å². The molecule has 9 heteroatoms. The number of rotatable bonds is 6. The molecule has 0 radical (unpaired) electrons. The fraction of sp³-hybridized carbons (Fsp3) is 0.227. The Morgan fingerprint density at radius 1 is 1.06 bits per heavy atom. The van der Waals surface area contributed by atoms with Gasteiger partial charge in [0, 0.05) is 29.6 Å². The Kier molecular flexibility index (Phi) is 4.91. The molecule has 31 heavy (non-hydrogen) atoms. The van der Waals surface area contributed by atoms with E-state index in [2.05, 4.69) is 25.3 Å². The highest BCUT2D eigenvalue weighted by molar-refractivity contribution is 7.89. The molecule has 3 N–H and O–H groups in total. The maximum atomic E-state index is 12.4. The Morgan fingerprint density at radius 3 is 2.61 bits per heavy atom. The summed E-state index contributed by atoms with van der Waals surface area (Å²) >= 11 is 0. The Bertz CT molecular complexity index is 1250. The van der Waals surface area contributed by atoms with Crippen LogP contribution >= 0.6 is 0 Å². The number of aromatic nitrogens is 2. The number of para-hydroxylation sites is 1. The first-order valence-corrected chi connectivity index (χ1v) is 11.6. The average molecular weight is 436 g/mol. The lowest BCUT2D eigenvalue weighted by Crippen LogP contribution is -2.25. The van der Waals surface area contributed by atoms with Crippen LogP contribution in [0.1, 0.15) is 18.4 Å². The van der Waals surface area contributed by atoms with Crippen molar-refractivity contribution in [2.45, 2.75) is 24.2 Å². The van der Waals surface area contributed by atoms with E-state index in [1.807, 2.05) is 24.3 Å². The molecule has 1 fully saturated rings. The topological polar surface area (TPSA) is 113 Å². The maximum absolute atomic E-state index is 12.4. The van der Waals surface area contributed by atoms with Crippen molar-refractivity contribution >= 4 is 33.3 Å². The van der Waals surface area contributed by atoms with E-state index in [-0.39, 0.29) is 17.2 Å². The van der Waals surface area contributed by atoms with Gasteiger partial charge in [0.2, 0.25) is 21.9 Å². The number of sulfonamides is 1. The summed E-state index contributed by atoms with van der Waals surface area (Å²) < 4.78 is 27.4. The van der Waals surface area contributed by atoms with Gasteiger partial charge in [0.05, 0.1) is 22.7 Å². The fourth-order valence-electron chi connectivity index (χ4n) is 3.47. The van der Waals surface area contributed by atoms with Gasteiger partial charge in [0.1, 0.15) is 0 Å². The number of nitrogens with one attached hydrogen (secondary N) is 3. The van der Waals surface area contributed by atoms with Gasteiger partial charge in [-0.3, -0.25) is 4.79 Å². The van der Waals surface area contributed by atoms with Gasteiger partial charge in [-0.05, 0) is 49.1 Å². The smallest absolute Gasteiger partial charge is 0.240 e. The minimum atomic E-state index is -3.51. The molecule has 0 unspecified atom stereocenters. The largest absolute Gasteiger partial charge is 0.325 e. The van der Waals surface area contributed by atoms with Crippen molar-refractivity contribution in [3.05, 3.63) is 60.3 Å². The molecule has 8 nitrogen and oxygen atoms in total. The Morgan fingerprint density at radius 2 is 1.84 bits per heavy atom. The Balaban J connectivity index is 1.38. The highest BCUT2D eigenvalue weighted by atomic mass is 32.2. The van der Waals surface area contributed by atoms with Crippen LogP contribution in [0.3, 0.4) is 0 Å². The van der Waals surface area contributed by atoms with E-state index in [0.717, 1.165) is 24.0 Å². The van der Waals surface area contributed by atoms with Crippen molar-refractivity contribution in [1.29, 1.82) is 0 Å². The lowest BCUT2D eigenvalue weighted by molar-refractivity contribution is -0.115. The molecule has 2 aliphatic rings. The van der Waals surface area contributed by atoms with Gasteiger partial charge in [-0.15, -0.1) is 0 Å². The van der Waals surface area contributed by atoms with E-state index >= 15 is 0 Å². The summed E-state index contributed by atoms with van der Waals surface area (Å²) in [7, 11) is -3.51. The first kappa shape index (κ1) is 19.7. The van der Waals surface area contributed by atoms with E-state index in [1.165, 1.54) is 0 Å². The summed E-state index contributed by atoms with van der Waals surface area (Å²) in [6, 6.07) is 14.0. The summed E-state index contributed by atoms with van der Waals surface area (Å²) in [4.78, 5) is 21.3. The Labute approximate surface area is 180 Å². The molecule has 0 spiro atoms. The van der Waals surface area contributed by atoms with E-state index in [0.29, 0.717) is 35.5 Å². The normalized spacial score (nSPS) is 15.4. The number of carbonyl (C=O) groups excluding carboxylic acids is 1. The predicted molar refractivity (Wildman–Crippen MR) is 117 cm³/mol. The zero-order valence-electron chi connectivity index (χ0n) is 16.6. The number of anilines is 3. The summed E-state index contributed by atoms with van der Waals surface area (Å²) in [6.07, 6.45) is 4.01. The van der Waals surface area contributed by atoms with Crippen LogP contribution in [0.15, 0.2) is 59.6 Å². The molecular formula is C22H21N5O3S. The van der Waals surface area contributed by atoms with Crippen molar-refractivity contribution in [2.75, 3.05) is 17.2 Å². The SMILES string of the molecule is O=C1Cc2cnc(Nc3ccc(S(=O)(=O)NCC4CC4)cc3)nc2-c2ccccc2N1. The average Bonchev–Trinajstić information content (AvgIpc) is 3.59. The third-order valence-corrected chi connectivity index (χ3v) is 6.79. The highest BCUT2D eigenvalue weighted by Crippen LogP contribution is 2.33. The van der Waals surface area contributed by atoms with Crippen molar-refractivity contribution in [2.24, 2.45) is 5.92 Å². The molecule has 0 bridgehead atoms. The zero-order valence-corrected chi connectivity index (χ0v) is 17.4. The number of nitrogens with zero attached hydrogens (tertiary/aromatic N) is 2. The minimum Gasteiger partial charge on any atom is -0.325 e. The third-order valence-electron chi connectivity index (χ3n) is 5.35. The van der Waals surface area contributed by atoms with Crippen LogP contribution in [0.5, 0.6) is 0 Å². The Hall–Kier alpha value is -3.30. The number of benzene rings is 2. The summed E-state index contributed by atoms with van der Waals surface area (Å²) in [5.74, 6) is 0.727. The molecule has 5 rings (SSSR count). The van der Waals surface area contributed by atoms with Crippen molar-refractivity contribution < 1.29 is 13.2 Å². The van der Waals surface area contributed by atoms with Crippen LogP contribution in [0.2, 0.25) is 0 Å². The van der Waals surface area contributed by atoms with Gasteiger partial charge < -0.3 is 10.6 Å².